The first-order valence-corrected chi connectivity index (χ1v) is 7.15. The van der Waals surface area contributed by atoms with Crippen LogP contribution in [-0.2, 0) is 9.53 Å². The van der Waals surface area contributed by atoms with Crippen LogP contribution in [0, 0.1) is 0 Å². The molecular formula is C15H14Cl2N2O3. The number of hydrogen-bond acceptors (Lipinski definition) is 4. The summed E-state index contributed by atoms with van der Waals surface area (Å²) in [5.41, 5.74) is 1.03. The van der Waals surface area contributed by atoms with Gasteiger partial charge in [-0.2, -0.15) is 0 Å². The van der Waals surface area contributed by atoms with Gasteiger partial charge in [0, 0.05) is 25.1 Å². The van der Waals surface area contributed by atoms with E-state index >= 15 is 0 Å². The molecule has 1 aromatic heterocycles. The Morgan fingerprint density at radius 1 is 1.32 bits per heavy atom. The van der Waals surface area contributed by atoms with Gasteiger partial charge in [-0.15, -0.1) is 0 Å². The molecule has 5 nitrogen and oxygen atoms in total. The molecule has 0 bridgehead atoms. The van der Waals surface area contributed by atoms with E-state index in [0.29, 0.717) is 11.1 Å². The van der Waals surface area contributed by atoms with E-state index in [9.17, 15) is 9.90 Å². The summed E-state index contributed by atoms with van der Waals surface area (Å²) < 4.78 is 4.81. The summed E-state index contributed by atoms with van der Waals surface area (Å²) in [5, 5.41) is 13.4. The van der Waals surface area contributed by atoms with Crippen LogP contribution in [0.1, 0.15) is 17.2 Å². The standard InChI is InChI=1S/C15H14Cl2N2O3/c1-22-8-12(21)19-15(9-4-6-18-7-5-9)13-11(20)3-2-10(16)14(13)17/h2-7,15,20H,8H2,1H3,(H,19,21). The van der Waals surface area contributed by atoms with E-state index in [1.54, 1.807) is 24.5 Å². The molecule has 7 heteroatoms. The van der Waals surface area contributed by atoms with Crippen molar-refractivity contribution < 1.29 is 14.6 Å². The number of amides is 1. The lowest BCUT2D eigenvalue weighted by Gasteiger charge is -2.22. The topological polar surface area (TPSA) is 71.5 Å². The van der Waals surface area contributed by atoms with Gasteiger partial charge in [0.05, 0.1) is 16.1 Å². The first kappa shape index (κ1) is 16.5. The Morgan fingerprint density at radius 2 is 2.00 bits per heavy atom. The van der Waals surface area contributed by atoms with Crippen LogP contribution in [0.3, 0.4) is 0 Å². The second kappa shape index (κ2) is 7.45. The highest BCUT2D eigenvalue weighted by Crippen LogP contribution is 2.39. The monoisotopic (exact) mass is 340 g/mol. The summed E-state index contributed by atoms with van der Waals surface area (Å²) in [4.78, 5) is 15.8. The minimum absolute atomic E-state index is 0.0612. The number of benzene rings is 1. The number of methoxy groups -OCH3 is 1. The number of aromatic hydroxyl groups is 1. The molecule has 2 N–H and O–H groups in total. The molecule has 2 aromatic rings. The number of carbonyl (C=O) groups excluding carboxylic acids is 1. The molecule has 0 fully saturated rings. The predicted molar refractivity (Wildman–Crippen MR) is 84.2 cm³/mol. The maximum atomic E-state index is 11.9. The third-order valence-corrected chi connectivity index (χ3v) is 3.84. The fourth-order valence-electron chi connectivity index (χ4n) is 2.04. The van der Waals surface area contributed by atoms with E-state index in [4.69, 9.17) is 27.9 Å². The molecule has 1 atom stereocenters. The van der Waals surface area contributed by atoms with Crippen LogP contribution in [-0.4, -0.2) is 29.7 Å². The molecule has 1 amide bonds. The predicted octanol–water partition coefficient (Wildman–Crippen LogP) is 2.95. The van der Waals surface area contributed by atoms with Crippen molar-refractivity contribution in [2.24, 2.45) is 0 Å². The van der Waals surface area contributed by atoms with Gasteiger partial charge in [0.2, 0.25) is 5.91 Å². The molecule has 0 saturated carbocycles. The largest absolute Gasteiger partial charge is 0.508 e. The van der Waals surface area contributed by atoms with Crippen LogP contribution in [0.2, 0.25) is 10.0 Å². The van der Waals surface area contributed by atoms with Gasteiger partial charge < -0.3 is 15.2 Å². The van der Waals surface area contributed by atoms with Crippen molar-refractivity contribution in [2.75, 3.05) is 13.7 Å². The highest BCUT2D eigenvalue weighted by molar-refractivity contribution is 6.42. The molecule has 1 unspecified atom stereocenters. The highest BCUT2D eigenvalue weighted by atomic mass is 35.5. The third kappa shape index (κ3) is 3.68. The van der Waals surface area contributed by atoms with Gasteiger partial charge in [0.25, 0.3) is 0 Å². The number of halogens is 2. The van der Waals surface area contributed by atoms with Crippen molar-refractivity contribution in [2.45, 2.75) is 6.04 Å². The highest BCUT2D eigenvalue weighted by Gasteiger charge is 2.24. The molecule has 0 radical (unpaired) electrons. The number of ether oxygens (including phenoxy) is 1. The fourth-order valence-corrected chi connectivity index (χ4v) is 2.48. The molecule has 0 spiro atoms. The number of nitrogens with zero attached hydrogens (tertiary/aromatic N) is 1. The van der Waals surface area contributed by atoms with Crippen molar-refractivity contribution in [3.8, 4) is 5.75 Å². The molecule has 22 heavy (non-hydrogen) atoms. The first-order valence-electron chi connectivity index (χ1n) is 6.39. The second-order valence-electron chi connectivity index (χ2n) is 4.51. The Labute approximate surface area is 137 Å². The zero-order valence-electron chi connectivity index (χ0n) is 11.7. The lowest BCUT2D eigenvalue weighted by atomic mass is 9.98. The van der Waals surface area contributed by atoms with Gasteiger partial charge in [-0.1, -0.05) is 23.2 Å². The lowest BCUT2D eigenvalue weighted by Crippen LogP contribution is -2.32. The van der Waals surface area contributed by atoms with Gasteiger partial charge in [0.1, 0.15) is 12.4 Å². The van der Waals surface area contributed by atoms with Gasteiger partial charge >= 0.3 is 0 Å². The van der Waals surface area contributed by atoms with Crippen LogP contribution in [0.5, 0.6) is 5.75 Å². The number of phenols is 1. The number of rotatable bonds is 5. The minimum Gasteiger partial charge on any atom is -0.508 e. The van der Waals surface area contributed by atoms with E-state index in [1.165, 1.54) is 19.2 Å². The second-order valence-corrected chi connectivity index (χ2v) is 5.29. The maximum absolute atomic E-state index is 11.9. The van der Waals surface area contributed by atoms with Crippen molar-refractivity contribution in [1.82, 2.24) is 10.3 Å². The maximum Gasteiger partial charge on any atom is 0.246 e. The van der Waals surface area contributed by atoms with E-state index in [-0.39, 0.29) is 28.3 Å². The van der Waals surface area contributed by atoms with Crippen LogP contribution in [0.4, 0.5) is 0 Å². The van der Waals surface area contributed by atoms with Gasteiger partial charge in [0.15, 0.2) is 0 Å². The summed E-state index contributed by atoms with van der Waals surface area (Å²) >= 11 is 12.2. The summed E-state index contributed by atoms with van der Waals surface area (Å²) in [6, 6.07) is 5.68. The van der Waals surface area contributed by atoms with Gasteiger partial charge in [-0.25, -0.2) is 0 Å². The Hall–Kier alpha value is -1.82. The SMILES string of the molecule is COCC(=O)NC(c1ccncc1)c1c(O)ccc(Cl)c1Cl. The Balaban J connectivity index is 2.50. The van der Waals surface area contributed by atoms with Crippen LogP contribution in [0.25, 0.3) is 0 Å². The zero-order chi connectivity index (χ0) is 16.1. The summed E-state index contributed by atoms with van der Waals surface area (Å²) in [6.07, 6.45) is 3.17. The Kier molecular flexibility index (Phi) is 5.60. The lowest BCUT2D eigenvalue weighted by molar-refractivity contribution is -0.125. The minimum atomic E-state index is -0.670. The van der Waals surface area contributed by atoms with E-state index in [1.807, 2.05) is 0 Å². The molecule has 1 heterocycles. The summed E-state index contributed by atoms with van der Waals surface area (Å²) in [6.45, 7) is -0.111. The molecule has 116 valence electrons. The average molecular weight is 341 g/mol. The number of carbonyl (C=O) groups is 1. The first-order chi connectivity index (χ1) is 10.5. The smallest absolute Gasteiger partial charge is 0.246 e. The molecule has 2 rings (SSSR count). The zero-order valence-corrected chi connectivity index (χ0v) is 13.2. The normalized spacial score (nSPS) is 12.0. The molecule has 0 saturated heterocycles. The molecule has 0 aliphatic carbocycles. The molecule has 1 aromatic carbocycles. The number of aromatic nitrogens is 1. The van der Waals surface area contributed by atoms with Gasteiger partial charge in [-0.3, -0.25) is 9.78 Å². The number of phenolic OH excluding ortho intramolecular Hbond substituents is 1. The third-order valence-electron chi connectivity index (χ3n) is 3.02. The average Bonchev–Trinajstić information content (AvgIpc) is 2.51. The van der Waals surface area contributed by atoms with Crippen molar-refractivity contribution in [1.29, 1.82) is 0 Å². The summed E-state index contributed by atoms with van der Waals surface area (Å²) in [5.74, 6) is -0.409. The van der Waals surface area contributed by atoms with E-state index in [0.717, 1.165) is 0 Å². The van der Waals surface area contributed by atoms with Crippen LogP contribution < -0.4 is 5.32 Å². The van der Waals surface area contributed by atoms with Crippen LogP contribution >= 0.6 is 23.2 Å². The number of hydrogen-bond donors (Lipinski definition) is 2. The van der Waals surface area contributed by atoms with Crippen molar-refractivity contribution in [3.63, 3.8) is 0 Å². The number of pyridine rings is 1. The fraction of sp³-hybridized carbons (Fsp3) is 0.200. The van der Waals surface area contributed by atoms with E-state index < -0.39 is 6.04 Å². The molecular weight excluding hydrogens is 327 g/mol. The Morgan fingerprint density at radius 3 is 2.64 bits per heavy atom. The summed E-state index contributed by atoms with van der Waals surface area (Å²) in [7, 11) is 1.42. The van der Waals surface area contributed by atoms with Crippen molar-refractivity contribution >= 4 is 29.1 Å². The Bertz CT molecular complexity index is 665. The molecule has 0 aliphatic rings. The van der Waals surface area contributed by atoms with Crippen molar-refractivity contribution in [3.05, 3.63) is 57.8 Å². The molecule has 0 aliphatic heterocycles. The van der Waals surface area contributed by atoms with E-state index in [2.05, 4.69) is 10.3 Å². The number of nitrogens with one attached hydrogen (secondary N) is 1. The van der Waals surface area contributed by atoms with Crippen LogP contribution in [0.15, 0.2) is 36.7 Å². The van der Waals surface area contributed by atoms with Gasteiger partial charge in [-0.05, 0) is 29.8 Å². The quantitative estimate of drug-likeness (QED) is 0.877.